The minimum absolute atomic E-state index is 0.0643. The second-order valence-electron chi connectivity index (χ2n) is 4.05. The van der Waals surface area contributed by atoms with Crippen LogP contribution in [0.4, 0.5) is 0 Å². The van der Waals surface area contributed by atoms with Gasteiger partial charge in [-0.3, -0.25) is 0 Å². The van der Waals surface area contributed by atoms with Gasteiger partial charge in [0.1, 0.15) is 0 Å². The Kier molecular flexibility index (Phi) is 4.51. The fourth-order valence-corrected chi connectivity index (χ4v) is 1.83. The molecule has 1 heterocycles. The van der Waals surface area contributed by atoms with E-state index < -0.39 is 12.2 Å². The first-order valence-electron chi connectivity index (χ1n) is 5.37. The van der Waals surface area contributed by atoms with E-state index in [0.29, 0.717) is 6.42 Å². The van der Waals surface area contributed by atoms with Gasteiger partial charge < -0.3 is 14.9 Å². The Balaban J connectivity index is 2.70. The van der Waals surface area contributed by atoms with E-state index >= 15 is 0 Å². The predicted octanol–water partition coefficient (Wildman–Crippen LogP) is 1.26. The van der Waals surface area contributed by atoms with Crippen molar-refractivity contribution in [3.8, 4) is 0 Å². The highest BCUT2D eigenvalue weighted by Crippen LogP contribution is 2.28. The van der Waals surface area contributed by atoms with Gasteiger partial charge in [-0.2, -0.15) is 0 Å². The third kappa shape index (κ3) is 2.91. The zero-order valence-corrected chi connectivity index (χ0v) is 9.34. The summed E-state index contributed by atoms with van der Waals surface area (Å²) in [6.07, 6.45) is 4.10. The lowest BCUT2D eigenvalue weighted by atomic mass is 9.88. The molecule has 5 atom stereocenters. The first-order chi connectivity index (χ1) is 7.10. The molecule has 15 heavy (non-hydrogen) atoms. The van der Waals surface area contributed by atoms with E-state index in [1.165, 1.54) is 6.08 Å². The number of aliphatic hydroxyl groups is 2. The maximum Gasteiger partial charge on any atom is 0.0981 e. The van der Waals surface area contributed by atoms with Gasteiger partial charge in [0.25, 0.3) is 0 Å². The first kappa shape index (κ1) is 12.4. The van der Waals surface area contributed by atoms with Crippen LogP contribution < -0.4 is 0 Å². The van der Waals surface area contributed by atoms with E-state index in [9.17, 15) is 10.2 Å². The Bertz CT molecular complexity index is 237. The average molecular weight is 212 g/mol. The molecule has 0 aromatic carbocycles. The van der Waals surface area contributed by atoms with Crippen molar-refractivity contribution < 1.29 is 14.9 Å². The normalized spacial score (nSPS) is 39.2. The summed E-state index contributed by atoms with van der Waals surface area (Å²) < 4.78 is 5.69. The topological polar surface area (TPSA) is 49.7 Å². The van der Waals surface area contributed by atoms with Gasteiger partial charge in [-0.1, -0.05) is 25.2 Å². The molecule has 0 aromatic heterocycles. The third-order valence-electron chi connectivity index (χ3n) is 2.94. The van der Waals surface area contributed by atoms with Crippen LogP contribution in [0.25, 0.3) is 0 Å². The molecule has 0 aromatic rings. The molecule has 1 saturated heterocycles. The number of hydrogen-bond donors (Lipinski definition) is 2. The summed E-state index contributed by atoms with van der Waals surface area (Å²) in [5, 5.41) is 19.4. The Morgan fingerprint density at radius 1 is 1.53 bits per heavy atom. The van der Waals surface area contributed by atoms with E-state index in [1.54, 1.807) is 0 Å². The lowest BCUT2D eigenvalue weighted by Crippen LogP contribution is -2.46. The van der Waals surface area contributed by atoms with Crippen LogP contribution in [0, 0.1) is 5.92 Å². The molecule has 0 bridgehead atoms. The van der Waals surface area contributed by atoms with Gasteiger partial charge in [-0.05, 0) is 6.92 Å². The number of allylic oxidation sites excluding steroid dienone is 1. The van der Waals surface area contributed by atoms with Crippen molar-refractivity contribution in [2.24, 2.45) is 5.92 Å². The van der Waals surface area contributed by atoms with Gasteiger partial charge >= 0.3 is 0 Å². The van der Waals surface area contributed by atoms with Gasteiger partial charge in [0.2, 0.25) is 0 Å². The molecule has 1 fully saturated rings. The first-order valence-corrected chi connectivity index (χ1v) is 5.37. The molecule has 0 saturated carbocycles. The summed E-state index contributed by atoms with van der Waals surface area (Å²) >= 11 is 0. The SMILES string of the molecule is C=C[C@@H](O)[C@@H]1C[C@@H](O)[C@H](C)[C@H](/C=C/C)O1. The van der Waals surface area contributed by atoms with Gasteiger partial charge in [0.05, 0.1) is 24.4 Å². The Hall–Kier alpha value is -0.640. The summed E-state index contributed by atoms with van der Waals surface area (Å²) in [7, 11) is 0. The highest BCUT2D eigenvalue weighted by atomic mass is 16.5. The Morgan fingerprint density at radius 2 is 2.20 bits per heavy atom. The summed E-state index contributed by atoms with van der Waals surface area (Å²) in [6.45, 7) is 7.38. The summed E-state index contributed by atoms with van der Waals surface area (Å²) in [5.74, 6) is 0.0643. The Morgan fingerprint density at radius 3 is 2.73 bits per heavy atom. The lowest BCUT2D eigenvalue weighted by Gasteiger charge is -2.38. The second-order valence-corrected chi connectivity index (χ2v) is 4.05. The number of ether oxygens (including phenoxy) is 1. The monoisotopic (exact) mass is 212 g/mol. The fraction of sp³-hybridized carbons (Fsp3) is 0.667. The molecule has 1 aliphatic rings. The molecule has 3 heteroatoms. The van der Waals surface area contributed by atoms with Crippen LogP contribution in [0.15, 0.2) is 24.8 Å². The molecule has 86 valence electrons. The predicted molar refractivity (Wildman–Crippen MR) is 59.5 cm³/mol. The molecule has 2 N–H and O–H groups in total. The molecule has 0 spiro atoms. The van der Waals surface area contributed by atoms with Crippen LogP contribution in [-0.2, 0) is 4.74 Å². The average Bonchev–Trinajstić information content (AvgIpc) is 2.23. The fourth-order valence-electron chi connectivity index (χ4n) is 1.83. The molecule has 1 rings (SSSR count). The largest absolute Gasteiger partial charge is 0.393 e. The van der Waals surface area contributed by atoms with Crippen molar-refractivity contribution in [3.05, 3.63) is 24.8 Å². The van der Waals surface area contributed by atoms with Gasteiger partial charge in [0.15, 0.2) is 0 Å². The summed E-state index contributed by atoms with van der Waals surface area (Å²) in [6, 6.07) is 0. The molecule has 3 nitrogen and oxygen atoms in total. The standard InChI is InChI=1S/C12H20O3/c1-4-6-11-8(3)10(14)7-12(15-11)9(13)5-2/h4-6,8-14H,2,7H2,1,3H3/b6-4+/t8-,9+,10+,11-,12-/m0/s1. The van der Waals surface area contributed by atoms with Crippen molar-refractivity contribution in [2.45, 2.75) is 44.7 Å². The number of rotatable bonds is 3. The van der Waals surface area contributed by atoms with Gasteiger partial charge in [-0.25, -0.2) is 0 Å². The van der Waals surface area contributed by atoms with Crippen molar-refractivity contribution >= 4 is 0 Å². The highest BCUT2D eigenvalue weighted by Gasteiger charge is 2.35. The minimum atomic E-state index is -0.708. The van der Waals surface area contributed by atoms with Crippen molar-refractivity contribution in [2.75, 3.05) is 0 Å². The quantitative estimate of drug-likeness (QED) is 0.692. The van der Waals surface area contributed by atoms with Crippen LogP contribution in [0.2, 0.25) is 0 Å². The summed E-state index contributed by atoms with van der Waals surface area (Å²) in [5.41, 5.74) is 0. The van der Waals surface area contributed by atoms with Crippen LogP contribution >= 0.6 is 0 Å². The van der Waals surface area contributed by atoms with Crippen molar-refractivity contribution in [1.29, 1.82) is 0 Å². The van der Waals surface area contributed by atoms with Crippen LogP contribution in [-0.4, -0.2) is 34.6 Å². The van der Waals surface area contributed by atoms with Gasteiger partial charge in [0, 0.05) is 12.3 Å². The number of aliphatic hydroxyl groups excluding tert-OH is 2. The molecule has 0 aliphatic carbocycles. The Labute approximate surface area is 91.1 Å². The summed E-state index contributed by atoms with van der Waals surface area (Å²) in [4.78, 5) is 0. The van der Waals surface area contributed by atoms with E-state index in [2.05, 4.69) is 6.58 Å². The van der Waals surface area contributed by atoms with Crippen LogP contribution in [0.1, 0.15) is 20.3 Å². The zero-order chi connectivity index (χ0) is 11.4. The zero-order valence-electron chi connectivity index (χ0n) is 9.34. The molecule has 0 amide bonds. The lowest BCUT2D eigenvalue weighted by molar-refractivity contribution is -0.138. The molecule has 0 unspecified atom stereocenters. The maximum absolute atomic E-state index is 9.83. The maximum atomic E-state index is 9.83. The van der Waals surface area contributed by atoms with E-state index in [1.807, 2.05) is 26.0 Å². The minimum Gasteiger partial charge on any atom is -0.393 e. The molecule has 1 aliphatic heterocycles. The molecule has 0 radical (unpaired) electrons. The van der Waals surface area contributed by atoms with Crippen LogP contribution in [0.5, 0.6) is 0 Å². The van der Waals surface area contributed by atoms with E-state index in [4.69, 9.17) is 4.74 Å². The second kappa shape index (κ2) is 5.45. The van der Waals surface area contributed by atoms with Crippen LogP contribution in [0.3, 0.4) is 0 Å². The van der Waals surface area contributed by atoms with Gasteiger partial charge in [-0.15, -0.1) is 6.58 Å². The number of hydrogen-bond acceptors (Lipinski definition) is 3. The van der Waals surface area contributed by atoms with Crippen molar-refractivity contribution in [1.82, 2.24) is 0 Å². The smallest absolute Gasteiger partial charge is 0.0981 e. The van der Waals surface area contributed by atoms with E-state index in [0.717, 1.165) is 0 Å². The molecular formula is C12H20O3. The molecular weight excluding hydrogens is 192 g/mol. The van der Waals surface area contributed by atoms with Crippen molar-refractivity contribution in [3.63, 3.8) is 0 Å². The third-order valence-corrected chi connectivity index (χ3v) is 2.94. The highest BCUT2D eigenvalue weighted by molar-refractivity contribution is 4.99. The van der Waals surface area contributed by atoms with E-state index in [-0.39, 0.29) is 18.1 Å².